The molecule has 0 aromatic heterocycles. The molecule has 0 spiro atoms. The van der Waals surface area contributed by atoms with Gasteiger partial charge in [0.15, 0.2) is 0 Å². The Labute approximate surface area is 99.0 Å². The highest BCUT2D eigenvalue weighted by Crippen LogP contribution is 2.28. The second kappa shape index (κ2) is 5.49. The molecule has 0 saturated heterocycles. The van der Waals surface area contributed by atoms with Crippen molar-refractivity contribution in [3.05, 3.63) is 28.2 Å². The SMILES string of the molecule is CN(C)c1ccc(C(O)CCN)cc1Br. The van der Waals surface area contributed by atoms with E-state index >= 15 is 0 Å². The lowest BCUT2D eigenvalue weighted by Gasteiger charge is -2.17. The molecule has 84 valence electrons. The number of anilines is 1. The van der Waals surface area contributed by atoms with Crippen LogP contribution in [0.15, 0.2) is 22.7 Å². The van der Waals surface area contributed by atoms with Crippen LogP contribution in [0, 0.1) is 0 Å². The highest BCUT2D eigenvalue weighted by atomic mass is 79.9. The van der Waals surface area contributed by atoms with Gasteiger partial charge in [0.05, 0.1) is 11.8 Å². The van der Waals surface area contributed by atoms with Gasteiger partial charge in [-0.15, -0.1) is 0 Å². The summed E-state index contributed by atoms with van der Waals surface area (Å²) in [5.41, 5.74) is 7.40. The fraction of sp³-hybridized carbons (Fsp3) is 0.455. The van der Waals surface area contributed by atoms with E-state index in [-0.39, 0.29) is 0 Å². The molecular formula is C11H17BrN2O. The summed E-state index contributed by atoms with van der Waals surface area (Å²) in [6, 6.07) is 5.86. The van der Waals surface area contributed by atoms with Crippen LogP contribution >= 0.6 is 15.9 Å². The molecule has 3 N–H and O–H groups in total. The fourth-order valence-electron chi connectivity index (χ4n) is 1.42. The van der Waals surface area contributed by atoms with Crippen LogP contribution < -0.4 is 10.6 Å². The van der Waals surface area contributed by atoms with Crippen molar-refractivity contribution >= 4 is 21.6 Å². The Morgan fingerprint density at radius 2 is 2.13 bits per heavy atom. The van der Waals surface area contributed by atoms with Gasteiger partial charge in [0.2, 0.25) is 0 Å². The van der Waals surface area contributed by atoms with Gasteiger partial charge in [-0.3, -0.25) is 0 Å². The molecule has 0 bridgehead atoms. The Kier molecular flexibility index (Phi) is 4.57. The van der Waals surface area contributed by atoms with E-state index in [2.05, 4.69) is 15.9 Å². The summed E-state index contributed by atoms with van der Waals surface area (Å²) in [6.45, 7) is 0.494. The van der Waals surface area contributed by atoms with Gasteiger partial charge in [0.25, 0.3) is 0 Å². The summed E-state index contributed by atoms with van der Waals surface area (Å²) < 4.78 is 0.987. The summed E-state index contributed by atoms with van der Waals surface area (Å²) in [5.74, 6) is 0. The third kappa shape index (κ3) is 3.19. The highest BCUT2D eigenvalue weighted by Gasteiger charge is 2.09. The second-order valence-corrected chi connectivity index (χ2v) is 4.55. The number of rotatable bonds is 4. The predicted molar refractivity (Wildman–Crippen MR) is 67.1 cm³/mol. The van der Waals surface area contributed by atoms with Gasteiger partial charge in [-0.05, 0) is 46.6 Å². The first-order chi connectivity index (χ1) is 7.06. The van der Waals surface area contributed by atoms with E-state index in [1.807, 2.05) is 37.2 Å². The first kappa shape index (κ1) is 12.5. The van der Waals surface area contributed by atoms with E-state index in [4.69, 9.17) is 5.73 Å². The first-order valence-electron chi connectivity index (χ1n) is 4.91. The molecule has 1 unspecified atom stereocenters. The number of nitrogens with zero attached hydrogens (tertiary/aromatic N) is 1. The van der Waals surface area contributed by atoms with Crippen molar-refractivity contribution in [2.24, 2.45) is 5.73 Å². The molecule has 0 radical (unpaired) electrons. The predicted octanol–water partition coefficient (Wildman–Crippen LogP) is 1.90. The van der Waals surface area contributed by atoms with Crippen molar-refractivity contribution in [2.45, 2.75) is 12.5 Å². The molecule has 1 aromatic rings. The molecule has 0 saturated carbocycles. The van der Waals surface area contributed by atoms with Crippen molar-refractivity contribution < 1.29 is 5.11 Å². The zero-order valence-corrected chi connectivity index (χ0v) is 10.7. The Bertz CT molecular complexity index is 328. The molecule has 1 rings (SSSR count). The van der Waals surface area contributed by atoms with Crippen LogP contribution in [0.25, 0.3) is 0 Å². The molecule has 0 aliphatic carbocycles. The average Bonchev–Trinajstić information content (AvgIpc) is 2.17. The minimum atomic E-state index is -0.470. The van der Waals surface area contributed by atoms with E-state index in [0.29, 0.717) is 13.0 Å². The topological polar surface area (TPSA) is 49.5 Å². The van der Waals surface area contributed by atoms with Gasteiger partial charge < -0.3 is 15.7 Å². The number of aliphatic hydroxyl groups excluding tert-OH is 1. The van der Waals surface area contributed by atoms with E-state index in [9.17, 15) is 5.11 Å². The van der Waals surface area contributed by atoms with Crippen LogP contribution in [-0.4, -0.2) is 25.7 Å². The van der Waals surface area contributed by atoms with Gasteiger partial charge in [0, 0.05) is 18.6 Å². The van der Waals surface area contributed by atoms with Crippen LogP contribution in [-0.2, 0) is 0 Å². The van der Waals surface area contributed by atoms with Crippen LogP contribution in [0.4, 0.5) is 5.69 Å². The largest absolute Gasteiger partial charge is 0.388 e. The number of aliphatic hydroxyl groups is 1. The summed E-state index contributed by atoms with van der Waals surface area (Å²) >= 11 is 3.48. The molecule has 3 nitrogen and oxygen atoms in total. The Hall–Kier alpha value is -0.580. The molecule has 0 amide bonds. The van der Waals surface area contributed by atoms with Crippen molar-refractivity contribution in [1.29, 1.82) is 0 Å². The lowest BCUT2D eigenvalue weighted by molar-refractivity contribution is 0.170. The Balaban J connectivity index is 2.91. The van der Waals surface area contributed by atoms with Gasteiger partial charge in [-0.25, -0.2) is 0 Å². The van der Waals surface area contributed by atoms with Crippen LogP contribution in [0.3, 0.4) is 0 Å². The molecule has 0 heterocycles. The van der Waals surface area contributed by atoms with Crippen molar-refractivity contribution in [3.8, 4) is 0 Å². The molecule has 0 fully saturated rings. The average molecular weight is 273 g/mol. The smallest absolute Gasteiger partial charge is 0.0802 e. The molecule has 0 aliphatic rings. The minimum absolute atomic E-state index is 0.470. The Morgan fingerprint density at radius 3 is 2.60 bits per heavy atom. The summed E-state index contributed by atoms with van der Waals surface area (Å²) in [4.78, 5) is 2.02. The maximum absolute atomic E-state index is 9.76. The fourth-order valence-corrected chi connectivity index (χ4v) is 2.17. The number of benzene rings is 1. The van der Waals surface area contributed by atoms with Gasteiger partial charge in [-0.2, -0.15) is 0 Å². The Morgan fingerprint density at radius 1 is 1.47 bits per heavy atom. The number of halogens is 1. The lowest BCUT2D eigenvalue weighted by Crippen LogP contribution is -2.10. The maximum Gasteiger partial charge on any atom is 0.0802 e. The van der Waals surface area contributed by atoms with Crippen LogP contribution in [0.5, 0.6) is 0 Å². The number of hydrogen-bond acceptors (Lipinski definition) is 3. The zero-order valence-electron chi connectivity index (χ0n) is 9.07. The van der Waals surface area contributed by atoms with Gasteiger partial charge >= 0.3 is 0 Å². The molecular weight excluding hydrogens is 256 g/mol. The quantitative estimate of drug-likeness (QED) is 0.880. The lowest BCUT2D eigenvalue weighted by atomic mass is 10.1. The standard InChI is InChI=1S/C11H17BrN2O/c1-14(2)10-4-3-8(7-9(10)12)11(15)5-6-13/h3-4,7,11,15H,5-6,13H2,1-2H3. The number of hydrogen-bond donors (Lipinski definition) is 2. The molecule has 1 aromatic carbocycles. The van der Waals surface area contributed by atoms with Gasteiger partial charge in [0.1, 0.15) is 0 Å². The van der Waals surface area contributed by atoms with Crippen molar-refractivity contribution in [1.82, 2.24) is 0 Å². The molecule has 15 heavy (non-hydrogen) atoms. The third-order valence-corrected chi connectivity index (χ3v) is 2.91. The molecule has 4 heteroatoms. The highest BCUT2D eigenvalue weighted by molar-refractivity contribution is 9.10. The zero-order chi connectivity index (χ0) is 11.4. The molecule has 0 aliphatic heterocycles. The maximum atomic E-state index is 9.76. The first-order valence-corrected chi connectivity index (χ1v) is 5.70. The van der Waals surface area contributed by atoms with Gasteiger partial charge in [-0.1, -0.05) is 6.07 Å². The monoisotopic (exact) mass is 272 g/mol. The third-order valence-electron chi connectivity index (χ3n) is 2.28. The van der Waals surface area contributed by atoms with E-state index in [1.54, 1.807) is 0 Å². The van der Waals surface area contributed by atoms with Crippen LogP contribution in [0.1, 0.15) is 18.1 Å². The second-order valence-electron chi connectivity index (χ2n) is 3.70. The van der Waals surface area contributed by atoms with Crippen LogP contribution in [0.2, 0.25) is 0 Å². The van der Waals surface area contributed by atoms with Crippen molar-refractivity contribution in [3.63, 3.8) is 0 Å². The van der Waals surface area contributed by atoms with E-state index in [0.717, 1.165) is 15.7 Å². The summed E-state index contributed by atoms with van der Waals surface area (Å²) in [7, 11) is 3.96. The normalized spacial score (nSPS) is 12.6. The van der Waals surface area contributed by atoms with E-state index in [1.165, 1.54) is 0 Å². The number of nitrogens with two attached hydrogens (primary N) is 1. The molecule has 1 atom stereocenters. The minimum Gasteiger partial charge on any atom is -0.388 e. The summed E-state index contributed by atoms with van der Waals surface area (Å²) in [6.07, 6.45) is 0.121. The van der Waals surface area contributed by atoms with Crippen molar-refractivity contribution in [2.75, 3.05) is 25.5 Å². The van der Waals surface area contributed by atoms with E-state index < -0.39 is 6.10 Å². The summed E-state index contributed by atoms with van der Waals surface area (Å²) in [5, 5.41) is 9.76.